The van der Waals surface area contributed by atoms with Crippen molar-refractivity contribution in [1.29, 1.82) is 0 Å². The van der Waals surface area contributed by atoms with Crippen molar-refractivity contribution in [3.8, 4) is 0 Å². The summed E-state index contributed by atoms with van der Waals surface area (Å²) in [7, 11) is 0. The van der Waals surface area contributed by atoms with E-state index in [4.69, 9.17) is 10.5 Å². The van der Waals surface area contributed by atoms with Gasteiger partial charge in [0.05, 0.1) is 5.60 Å². The summed E-state index contributed by atoms with van der Waals surface area (Å²) in [5.74, 6) is 0.00150. The Morgan fingerprint density at radius 2 is 1.94 bits per heavy atom. The molecule has 0 radical (unpaired) electrons. The average molecular weight is 256 g/mol. The standard InChI is InChI=1S/C14H28N2O2/c1-4-14(5-2,10-15)18-11(3)13(17)16-12-8-6-7-9-12/h11-12H,4-10,15H2,1-3H3,(H,16,17). The van der Waals surface area contributed by atoms with Crippen LogP contribution in [-0.4, -0.2) is 30.2 Å². The summed E-state index contributed by atoms with van der Waals surface area (Å²) in [6, 6.07) is 0.346. The third-order valence-electron chi connectivity index (χ3n) is 4.16. The van der Waals surface area contributed by atoms with Crippen molar-refractivity contribution in [2.45, 2.75) is 77.0 Å². The van der Waals surface area contributed by atoms with Crippen molar-refractivity contribution in [2.75, 3.05) is 6.54 Å². The Kier molecular flexibility index (Phi) is 6.09. The SMILES string of the molecule is CCC(CC)(CN)OC(C)C(=O)NC1CCCC1. The summed E-state index contributed by atoms with van der Waals surface area (Å²) in [6.07, 6.45) is 5.88. The van der Waals surface area contributed by atoms with E-state index in [1.165, 1.54) is 12.8 Å². The highest BCUT2D eigenvalue weighted by atomic mass is 16.5. The van der Waals surface area contributed by atoms with E-state index in [0.717, 1.165) is 25.7 Å². The first-order valence-corrected chi connectivity index (χ1v) is 7.25. The fourth-order valence-electron chi connectivity index (χ4n) is 2.57. The zero-order valence-corrected chi connectivity index (χ0v) is 12.0. The maximum Gasteiger partial charge on any atom is 0.249 e. The lowest BCUT2D eigenvalue weighted by Gasteiger charge is -2.33. The Morgan fingerprint density at radius 3 is 2.39 bits per heavy atom. The molecule has 0 aromatic rings. The quantitative estimate of drug-likeness (QED) is 0.732. The number of carbonyl (C=O) groups is 1. The first kappa shape index (κ1) is 15.4. The van der Waals surface area contributed by atoms with Crippen LogP contribution in [0, 0.1) is 0 Å². The first-order chi connectivity index (χ1) is 8.56. The molecule has 0 aliphatic heterocycles. The van der Waals surface area contributed by atoms with Gasteiger partial charge in [0.15, 0.2) is 0 Å². The molecule has 4 heteroatoms. The van der Waals surface area contributed by atoms with Gasteiger partial charge in [-0.25, -0.2) is 0 Å². The summed E-state index contributed by atoms with van der Waals surface area (Å²) >= 11 is 0. The number of rotatable bonds is 7. The lowest BCUT2D eigenvalue weighted by atomic mass is 9.97. The zero-order chi connectivity index (χ0) is 13.6. The molecule has 0 saturated heterocycles. The number of hydrogen-bond acceptors (Lipinski definition) is 3. The normalized spacial score (nSPS) is 18.9. The van der Waals surface area contributed by atoms with Crippen LogP contribution in [0.4, 0.5) is 0 Å². The highest BCUT2D eigenvalue weighted by Gasteiger charge is 2.31. The Balaban J connectivity index is 2.46. The largest absolute Gasteiger partial charge is 0.361 e. The van der Waals surface area contributed by atoms with Crippen LogP contribution in [0.1, 0.15) is 59.3 Å². The Bertz CT molecular complexity index is 250. The van der Waals surface area contributed by atoms with Gasteiger partial charge in [-0.3, -0.25) is 4.79 Å². The smallest absolute Gasteiger partial charge is 0.249 e. The lowest BCUT2D eigenvalue weighted by Crippen LogP contribution is -2.48. The maximum absolute atomic E-state index is 12.0. The van der Waals surface area contributed by atoms with Gasteiger partial charge in [0, 0.05) is 12.6 Å². The molecule has 1 unspecified atom stereocenters. The van der Waals surface area contributed by atoms with E-state index in [9.17, 15) is 4.79 Å². The number of nitrogens with one attached hydrogen (secondary N) is 1. The zero-order valence-electron chi connectivity index (χ0n) is 12.0. The molecule has 1 aliphatic carbocycles. The molecule has 0 aromatic carbocycles. The van der Waals surface area contributed by atoms with Crippen molar-refractivity contribution in [3.05, 3.63) is 0 Å². The van der Waals surface area contributed by atoms with Crippen molar-refractivity contribution in [1.82, 2.24) is 5.32 Å². The molecule has 1 fully saturated rings. The van der Waals surface area contributed by atoms with Crippen LogP contribution in [0.25, 0.3) is 0 Å². The van der Waals surface area contributed by atoms with Crippen molar-refractivity contribution < 1.29 is 9.53 Å². The second-order valence-electron chi connectivity index (χ2n) is 5.34. The van der Waals surface area contributed by atoms with E-state index in [1.54, 1.807) is 0 Å². The van der Waals surface area contributed by atoms with Crippen LogP contribution in [0.3, 0.4) is 0 Å². The fraction of sp³-hybridized carbons (Fsp3) is 0.929. The second-order valence-corrected chi connectivity index (χ2v) is 5.34. The summed E-state index contributed by atoms with van der Waals surface area (Å²) in [5, 5.41) is 3.07. The summed E-state index contributed by atoms with van der Waals surface area (Å²) in [5.41, 5.74) is 5.43. The molecular formula is C14H28N2O2. The van der Waals surface area contributed by atoms with Gasteiger partial charge in [-0.05, 0) is 32.6 Å². The van der Waals surface area contributed by atoms with Crippen LogP contribution in [0.2, 0.25) is 0 Å². The Hall–Kier alpha value is -0.610. The van der Waals surface area contributed by atoms with Crippen molar-refractivity contribution >= 4 is 5.91 Å². The van der Waals surface area contributed by atoms with E-state index < -0.39 is 6.10 Å². The number of carbonyl (C=O) groups excluding carboxylic acids is 1. The van der Waals surface area contributed by atoms with Gasteiger partial charge in [-0.15, -0.1) is 0 Å². The molecule has 1 amide bonds. The molecular weight excluding hydrogens is 228 g/mol. The molecule has 3 N–H and O–H groups in total. The third kappa shape index (κ3) is 3.95. The number of ether oxygens (including phenoxy) is 1. The second kappa shape index (κ2) is 7.10. The Labute approximate surface area is 111 Å². The molecule has 1 atom stereocenters. The molecule has 1 aliphatic rings. The highest BCUT2D eigenvalue weighted by molar-refractivity contribution is 5.80. The monoisotopic (exact) mass is 256 g/mol. The highest BCUT2D eigenvalue weighted by Crippen LogP contribution is 2.22. The van der Waals surface area contributed by atoms with Crippen molar-refractivity contribution in [3.63, 3.8) is 0 Å². The van der Waals surface area contributed by atoms with Crippen LogP contribution in [0.5, 0.6) is 0 Å². The molecule has 0 aromatic heterocycles. The van der Waals surface area contributed by atoms with E-state index in [1.807, 2.05) is 6.92 Å². The number of nitrogens with two attached hydrogens (primary N) is 1. The van der Waals surface area contributed by atoms with Gasteiger partial charge < -0.3 is 15.8 Å². The lowest BCUT2D eigenvalue weighted by molar-refractivity contribution is -0.146. The minimum Gasteiger partial charge on any atom is -0.361 e. The third-order valence-corrected chi connectivity index (χ3v) is 4.16. The predicted octanol–water partition coefficient (Wildman–Crippen LogP) is 1.97. The minimum absolute atomic E-state index is 0.00150. The van der Waals surface area contributed by atoms with Gasteiger partial charge in [0.1, 0.15) is 6.10 Å². The summed E-state index contributed by atoms with van der Waals surface area (Å²) < 4.78 is 5.92. The van der Waals surface area contributed by atoms with E-state index in [2.05, 4.69) is 19.2 Å². The predicted molar refractivity (Wildman–Crippen MR) is 73.3 cm³/mol. The molecule has 0 heterocycles. The minimum atomic E-state index is -0.422. The van der Waals surface area contributed by atoms with Gasteiger partial charge in [-0.1, -0.05) is 26.7 Å². The van der Waals surface area contributed by atoms with Crippen LogP contribution in [-0.2, 0) is 9.53 Å². The van der Waals surface area contributed by atoms with Crippen LogP contribution < -0.4 is 11.1 Å². The molecule has 0 spiro atoms. The van der Waals surface area contributed by atoms with Crippen LogP contribution in [0.15, 0.2) is 0 Å². The summed E-state index contributed by atoms with van der Waals surface area (Å²) in [4.78, 5) is 12.0. The van der Waals surface area contributed by atoms with Gasteiger partial charge >= 0.3 is 0 Å². The molecule has 0 bridgehead atoms. The fourth-order valence-corrected chi connectivity index (χ4v) is 2.57. The molecule has 1 rings (SSSR count). The number of hydrogen-bond donors (Lipinski definition) is 2. The number of amides is 1. The van der Waals surface area contributed by atoms with Gasteiger partial charge in [0.2, 0.25) is 5.91 Å². The van der Waals surface area contributed by atoms with Gasteiger partial charge in [-0.2, -0.15) is 0 Å². The molecule has 18 heavy (non-hydrogen) atoms. The average Bonchev–Trinajstić information content (AvgIpc) is 2.88. The van der Waals surface area contributed by atoms with Gasteiger partial charge in [0.25, 0.3) is 0 Å². The van der Waals surface area contributed by atoms with E-state index in [0.29, 0.717) is 12.6 Å². The first-order valence-electron chi connectivity index (χ1n) is 7.25. The van der Waals surface area contributed by atoms with Crippen molar-refractivity contribution in [2.24, 2.45) is 5.73 Å². The van der Waals surface area contributed by atoms with E-state index >= 15 is 0 Å². The molecule has 106 valence electrons. The van der Waals surface area contributed by atoms with E-state index in [-0.39, 0.29) is 11.5 Å². The van der Waals surface area contributed by atoms with Crippen LogP contribution >= 0.6 is 0 Å². The Morgan fingerprint density at radius 1 is 1.39 bits per heavy atom. The molecule has 1 saturated carbocycles. The summed E-state index contributed by atoms with van der Waals surface area (Å²) in [6.45, 7) is 6.39. The maximum atomic E-state index is 12.0. The topological polar surface area (TPSA) is 64.3 Å². The molecule has 4 nitrogen and oxygen atoms in total.